The van der Waals surface area contributed by atoms with Gasteiger partial charge >= 0.3 is 0 Å². The Kier molecular flexibility index (Phi) is 7.03. The fraction of sp³-hybridized carbons (Fsp3) is 0.400. The first-order chi connectivity index (χ1) is 16.7. The van der Waals surface area contributed by atoms with Gasteiger partial charge in [0.1, 0.15) is 0 Å². The second-order valence-electron chi connectivity index (χ2n) is 8.64. The Morgan fingerprint density at radius 1 is 0.824 bits per heavy atom. The van der Waals surface area contributed by atoms with E-state index in [1.807, 2.05) is 47.4 Å². The molecule has 0 spiro atoms. The fourth-order valence-electron chi connectivity index (χ4n) is 4.54. The van der Waals surface area contributed by atoms with Crippen LogP contribution in [0.5, 0.6) is 0 Å². The SMILES string of the molecule is O=C(c1ccc(-c2cccs2)cc1)N1CCN(c2ccc(N3CCN(CCO)CC3)nn2)CC1. The zero-order chi connectivity index (χ0) is 23.3. The summed E-state index contributed by atoms with van der Waals surface area (Å²) in [4.78, 5) is 22.8. The van der Waals surface area contributed by atoms with Crippen LogP contribution in [0, 0.1) is 0 Å². The second kappa shape index (κ2) is 10.5. The summed E-state index contributed by atoms with van der Waals surface area (Å²) in [5.74, 6) is 1.83. The number of hydrogen-bond acceptors (Lipinski definition) is 8. The number of carbonyl (C=O) groups is 1. The smallest absolute Gasteiger partial charge is 0.253 e. The third-order valence-electron chi connectivity index (χ3n) is 6.58. The number of aliphatic hydroxyl groups is 1. The van der Waals surface area contributed by atoms with Gasteiger partial charge in [-0.1, -0.05) is 18.2 Å². The molecule has 2 aliphatic heterocycles. The van der Waals surface area contributed by atoms with Crippen LogP contribution < -0.4 is 9.80 Å². The van der Waals surface area contributed by atoms with Gasteiger partial charge in [-0.05, 0) is 41.3 Å². The highest BCUT2D eigenvalue weighted by Crippen LogP contribution is 2.25. The first-order valence-electron chi connectivity index (χ1n) is 11.8. The number of aliphatic hydroxyl groups excluding tert-OH is 1. The number of aromatic nitrogens is 2. The number of carbonyl (C=O) groups excluding carboxylic acids is 1. The van der Waals surface area contributed by atoms with Crippen molar-refractivity contribution in [3.63, 3.8) is 0 Å². The highest BCUT2D eigenvalue weighted by Gasteiger charge is 2.24. The molecule has 8 nitrogen and oxygen atoms in total. The molecule has 3 aromatic rings. The quantitative estimate of drug-likeness (QED) is 0.583. The molecule has 0 bridgehead atoms. The first kappa shape index (κ1) is 22.8. The van der Waals surface area contributed by atoms with Crippen molar-refractivity contribution in [2.24, 2.45) is 0 Å². The lowest BCUT2D eigenvalue weighted by molar-refractivity contribution is 0.0746. The Balaban J connectivity index is 1.13. The third kappa shape index (κ3) is 5.06. The molecule has 2 saturated heterocycles. The van der Waals surface area contributed by atoms with Crippen molar-refractivity contribution in [3.05, 3.63) is 59.5 Å². The van der Waals surface area contributed by atoms with Crippen molar-refractivity contribution in [1.29, 1.82) is 0 Å². The van der Waals surface area contributed by atoms with E-state index in [0.29, 0.717) is 13.1 Å². The summed E-state index contributed by atoms with van der Waals surface area (Å²) in [6, 6.07) is 16.1. The normalized spacial score (nSPS) is 17.3. The van der Waals surface area contributed by atoms with Gasteiger partial charge in [0, 0.05) is 69.3 Å². The summed E-state index contributed by atoms with van der Waals surface area (Å²) >= 11 is 1.70. The Morgan fingerprint density at radius 3 is 1.97 bits per heavy atom. The molecule has 2 fully saturated rings. The van der Waals surface area contributed by atoms with Crippen LogP contribution in [0.25, 0.3) is 10.4 Å². The second-order valence-corrected chi connectivity index (χ2v) is 9.58. The van der Waals surface area contributed by atoms with E-state index in [1.54, 1.807) is 11.3 Å². The van der Waals surface area contributed by atoms with Gasteiger partial charge in [-0.3, -0.25) is 9.69 Å². The van der Waals surface area contributed by atoms with Gasteiger partial charge in [0.2, 0.25) is 0 Å². The van der Waals surface area contributed by atoms with Gasteiger partial charge in [0.25, 0.3) is 5.91 Å². The van der Waals surface area contributed by atoms with Crippen molar-refractivity contribution in [3.8, 4) is 10.4 Å². The lowest BCUT2D eigenvalue weighted by atomic mass is 10.1. The number of thiophene rings is 1. The summed E-state index contributed by atoms with van der Waals surface area (Å²) in [6.07, 6.45) is 0. The van der Waals surface area contributed by atoms with Crippen molar-refractivity contribution >= 4 is 28.9 Å². The number of amides is 1. The molecule has 9 heteroatoms. The van der Waals surface area contributed by atoms with Crippen LogP contribution in [-0.4, -0.2) is 96.5 Å². The Labute approximate surface area is 204 Å². The van der Waals surface area contributed by atoms with Crippen LogP contribution in [0.4, 0.5) is 11.6 Å². The molecule has 0 unspecified atom stereocenters. The van der Waals surface area contributed by atoms with E-state index in [0.717, 1.165) is 68.6 Å². The maximum absolute atomic E-state index is 13.0. The van der Waals surface area contributed by atoms with Gasteiger partial charge in [-0.25, -0.2) is 0 Å². The van der Waals surface area contributed by atoms with Crippen molar-refractivity contribution in [2.75, 3.05) is 75.3 Å². The minimum atomic E-state index is 0.0825. The summed E-state index contributed by atoms with van der Waals surface area (Å²) in [5, 5.41) is 20.1. The molecule has 2 aliphatic rings. The van der Waals surface area contributed by atoms with E-state index in [9.17, 15) is 4.79 Å². The maximum Gasteiger partial charge on any atom is 0.253 e. The predicted octanol–water partition coefficient (Wildman–Crippen LogP) is 2.28. The monoisotopic (exact) mass is 478 g/mol. The zero-order valence-electron chi connectivity index (χ0n) is 19.2. The van der Waals surface area contributed by atoms with E-state index in [2.05, 4.69) is 36.3 Å². The summed E-state index contributed by atoms with van der Waals surface area (Å²) < 4.78 is 0. The maximum atomic E-state index is 13.0. The van der Waals surface area contributed by atoms with E-state index in [4.69, 9.17) is 5.11 Å². The minimum Gasteiger partial charge on any atom is -0.395 e. The molecule has 34 heavy (non-hydrogen) atoms. The van der Waals surface area contributed by atoms with Crippen LogP contribution >= 0.6 is 11.3 Å². The number of β-amino-alcohol motifs (C(OH)–C–C–N with tert-alkyl or cyclic N) is 1. The molecule has 1 N–H and O–H groups in total. The predicted molar refractivity (Wildman–Crippen MR) is 136 cm³/mol. The summed E-state index contributed by atoms with van der Waals surface area (Å²) in [6.45, 7) is 7.39. The molecule has 4 heterocycles. The topological polar surface area (TPSA) is 76.0 Å². The Bertz CT molecular complexity index is 1060. The first-order valence-corrected chi connectivity index (χ1v) is 12.7. The van der Waals surface area contributed by atoms with E-state index < -0.39 is 0 Å². The molecule has 5 rings (SSSR count). The zero-order valence-corrected chi connectivity index (χ0v) is 20.0. The van der Waals surface area contributed by atoms with E-state index >= 15 is 0 Å². The molecule has 1 aromatic carbocycles. The minimum absolute atomic E-state index is 0.0825. The molecule has 0 radical (unpaired) electrons. The van der Waals surface area contributed by atoms with Gasteiger partial charge in [0.15, 0.2) is 11.6 Å². The van der Waals surface area contributed by atoms with E-state index in [1.165, 1.54) is 4.88 Å². The van der Waals surface area contributed by atoms with Crippen molar-refractivity contribution in [1.82, 2.24) is 20.0 Å². The van der Waals surface area contributed by atoms with Gasteiger partial charge in [-0.15, -0.1) is 21.5 Å². The number of rotatable bonds is 6. The molecule has 0 saturated carbocycles. The summed E-state index contributed by atoms with van der Waals surface area (Å²) in [5.41, 5.74) is 1.88. The Morgan fingerprint density at radius 2 is 1.44 bits per heavy atom. The fourth-order valence-corrected chi connectivity index (χ4v) is 5.27. The van der Waals surface area contributed by atoms with E-state index in [-0.39, 0.29) is 12.5 Å². The van der Waals surface area contributed by atoms with Gasteiger partial charge in [-0.2, -0.15) is 0 Å². The van der Waals surface area contributed by atoms with Crippen LogP contribution in [0.3, 0.4) is 0 Å². The Hall–Kier alpha value is -3.01. The summed E-state index contributed by atoms with van der Waals surface area (Å²) in [7, 11) is 0. The van der Waals surface area contributed by atoms with Crippen LogP contribution in [0.15, 0.2) is 53.9 Å². The third-order valence-corrected chi connectivity index (χ3v) is 7.50. The largest absolute Gasteiger partial charge is 0.395 e. The van der Waals surface area contributed by atoms with Crippen LogP contribution in [0.1, 0.15) is 10.4 Å². The average Bonchev–Trinajstić information content (AvgIpc) is 3.45. The highest BCUT2D eigenvalue weighted by atomic mass is 32.1. The van der Waals surface area contributed by atoms with Crippen LogP contribution in [0.2, 0.25) is 0 Å². The average molecular weight is 479 g/mol. The molecule has 0 aliphatic carbocycles. The van der Waals surface area contributed by atoms with Crippen molar-refractivity contribution in [2.45, 2.75) is 0 Å². The lowest BCUT2D eigenvalue weighted by Gasteiger charge is -2.36. The number of nitrogens with zero attached hydrogens (tertiary/aromatic N) is 6. The van der Waals surface area contributed by atoms with Crippen LogP contribution in [-0.2, 0) is 0 Å². The van der Waals surface area contributed by atoms with Gasteiger partial charge in [0.05, 0.1) is 6.61 Å². The molecule has 2 aromatic heterocycles. The highest BCUT2D eigenvalue weighted by molar-refractivity contribution is 7.13. The standard InChI is InChI=1S/C25H30N6O2S/c32-18-17-28-9-11-29(12-10-28)23-7-8-24(27-26-23)30-13-15-31(16-14-30)25(33)21-5-3-20(4-6-21)22-2-1-19-34-22/h1-8,19,32H,9-18H2. The number of benzene rings is 1. The number of hydrogen-bond donors (Lipinski definition) is 1. The number of anilines is 2. The van der Waals surface area contributed by atoms with Crippen molar-refractivity contribution < 1.29 is 9.90 Å². The van der Waals surface area contributed by atoms with Gasteiger partial charge < -0.3 is 19.8 Å². The lowest BCUT2D eigenvalue weighted by Crippen LogP contribution is -2.49. The molecule has 0 atom stereocenters. The number of piperazine rings is 2. The molecular weight excluding hydrogens is 448 g/mol. The molecule has 178 valence electrons. The molecule has 1 amide bonds. The molecular formula is C25H30N6O2S.